The average Bonchev–Trinajstić information content (AvgIpc) is 2.35. The van der Waals surface area contributed by atoms with Crippen molar-refractivity contribution in [2.24, 2.45) is 5.92 Å². The molecule has 0 spiro atoms. The molecule has 2 nitrogen and oxygen atoms in total. The third kappa shape index (κ3) is 3.70. The third-order valence-corrected chi connectivity index (χ3v) is 3.96. The normalized spacial score (nSPS) is 23.4. The molecule has 1 fully saturated rings. The van der Waals surface area contributed by atoms with E-state index in [4.69, 9.17) is 12.2 Å². The van der Waals surface area contributed by atoms with Crippen molar-refractivity contribution in [1.29, 1.82) is 0 Å². The number of hydrogen-bond donors (Lipinski definition) is 2. The fraction of sp³-hybridized carbons (Fsp3) is 0.533. The molecule has 0 saturated heterocycles. The van der Waals surface area contributed by atoms with Gasteiger partial charge in [-0.3, -0.25) is 0 Å². The second kappa shape index (κ2) is 6.19. The number of aryl methyl sites for hydroxylation is 1. The van der Waals surface area contributed by atoms with Crippen LogP contribution in [0.2, 0.25) is 0 Å². The molecule has 2 N–H and O–H groups in total. The van der Waals surface area contributed by atoms with E-state index >= 15 is 0 Å². The van der Waals surface area contributed by atoms with Gasteiger partial charge < -0.3 is 10.6 Å². The highest BCUT2D eigenvalue weighted by atomic mass is 32.1. The maximum Gasteiger partial charge on any atom is 0.171 e. The monoisotopic (exact) mass is 262 g/mol. The molecule has 3 heteroatoms. The maximum atomic E-state index is 5.38. The first kappa shape index (κ1) is 13.3. The van der Waals surface area contributed by atoms with Crippen molar-refractivity contribution in [3.8, 4) is 0 Å². The molecule has 0 heterocycles. The summed E-state index contributed by atoms with van der Waals surface area (Å²) in [6.07, 6.45) is 5.09. The average molecular weight is 262 g/mol. The van der Waals surface area contributed by atoms with Crippen molar-refractivity contribution in [1.82, 2.24) is 5.32 Å². The Bertz CT molecular complexity index is 409. The van der Waals surface area contributed by atoms with Crippen molar-refractivity contribution >= 4 is 23.0 Å². The predicted molar refractivity (Wildman–Crippen MR) is 82.0 cm³/mol. The summed E-state index contributed by atoms with van der Waals surface area (Å²) in [6.45, 7) is 4.42. The molecule has 0 radical (unpaired) electrons. The van der Waals surface area contributed by atoms with Crippen molar-refractivity contribution in [3.05, 3.63) is 29.8 Å². The largest absolute Gasteiger partial charge is 0.360 e. The van der Waals surface area contributed by atoms with Crippen LogP contribution in [0.3, 0.4) is 0 Å². The molecule has 1 aliphatic rings. The summed E-state index contributed by atoms with van der Waals surface area (Å²) in [5.41, 5.74) is 2.32. The second-order valence-corrected chi connectivity index (χ2v) is 5.78. The number of thiocarbonyl (C=S) groups is 1. The summed E-state index contributed by atoms with van der Waals surface area (Å²) >= 11 is 5.38. The number of anilines is 1. The highest BCUT2D eigenvalue weighted by Crippen LogP contribution is 2.23. The highest BCUT2D eigenvalue weighted by Gasteiger charge is 2.18. The lowest BCUT2D eigenvalue weighted by atomic mass is 9.87. The summed E-state index contributed by atoms with van der Waals surface area (Å²) in [4.78, 5) is 0. The first-order chi connectivity index (χ1) is 8.65. The highest BCUT2D eigenvalue weighted by molar-refractivity contribution is 7.80. The van der Waals surface area contributed by atoms with Gasteiger partial charge in [-0.1, -0.05) is 25.1 Å². The number of benzene rings is 1. The SMILES string of the molecule is Cc1ccccc1NC(=S)NC1CCC(C)CC1. The van der Waals surface area contributed by atoms with E-state index in [2.05, 4.69) is 36.6 Å². The fourth-order valence-electron chi connectivity index (χ4n) is 2.46. The van der Waals surface area contributed by atoms with Crippen LogP contribution in [-0.4, -0.2) is 11.2 Å². The van der Waals surface area contributed by atoms with Crippen LogP contribution < -0.4 is 10.6 Å². The van der Waals surface area contributed by atoms with Gasteiger partial charge in [-0.05, 0) is 62.4 Å². The molecule has 0 bridgehead atoms. The number of rotatable bonds is 2. The zero-order chi connectivity index (χ0) is 13.0. The van der Waals surface area contributed by atoms with E-state index in [1.807, 2.05) is 12.1 Å². The number of nitrogens with one attached hydrogen (secondary N) is 2. The standard InChI is InChI=1S/C15H22N2S/c1-11-7-9-13(10-8-11)16-15(18)17-14-6-4-3-5-12(14)2/h3-6,11,13H,7-10H2,1-2H3,(H2,16,17,18). The van der Waals surface area contributed by atoms with E-state index in [1.54, 1.807) is 0 Å². The molecular formula is C15H22N2S. The quantitative estimate of drug-likeness (QED) is 0.791. The van der Waals surface area contributed by atoms with Gasteiger partial charge in [0.05, 0.1) is 0 Å². The van der Waals surface area contributed by atoms with Gasteiger partial charge >= 0.3 is 0 Å². The van der Waals surface area contributed by atoms with Crippen LogP contribution in [0, 0.1) is 12.8 Å². The van der Waals surface area contributed by atoms with Gasteiger partial charge in [0, 0.05) is 11.7 Å². The van der Waals surface area contributed by atoms with Crippen LogP contribution in [0.25, 0.3) is 0 Å². The Balaban J connectivity index is 1.84. The minimum absolute atomic E-state index is 0.546. The van der Waals surface area contributed by atoms with E-state index < -0.39 is 0 Å². The molecule has 1 saturated carbocycles. The van der Waals surface area contributed by atoms with Crippen molar-refractivity contribution in [2.75, 3.05) is 5.32 Å². The van der Waals surface area contributed by atoms with Crippen molar-refractivity contribution in [2.45, 2.75) is 45.6 Å². The van der Waals surface area contributed by atoms with E-state index in [1.165, 1.54) is 31.2 Å². The third-order valence-electron chi connectivity index (χ3n) is 3.74. The van der Waals surface area contributed by atoms with Crippen LogP contribution in [0.4, 0.5) is 5.69 Å². The molecule has 0 amide bonds. The summed E-state index contributed by atoms with van der Waals surface area (Å²) in [7, 11) is 0. The van der Waals surface area contributed by atoms with Crippen LogP contribution in [-0.2, 0) is 0 Å². The van der Waals surface area contributed by atoms with Gasteiger partial charge in [0.15, 0.2) is 5.11 Å². The lowest BCUT2D eigenvalue weighted by Crippen LogP contribution is -2.39. The summed E-state index contributed by atoms with van der Waals surface area (Å²) in [5.74, 6) is 0.876. The van der Waals surface area contributed by atoms with Gasteiger partial charge in [0.25, 0.3) is 0 Å². The Morgan fingerprint density at radius 2 is 1.83 bits per heavy atom. The van der Waals surface area contributed by atoms with Crippen molar-refractivity contribution in [3.63, 3.8) is 0 Å². The molecular weight excluding hydrogens is 240 g/mol. The Morgan fingerprint density at radius 3 is 2.50 bits per heavy atom. The second-order valence-electron chi connectivity index (χ2n) is 5.37. The Hall–Kier alpha value is -1.09. The molecule has 0 aliphatic heterocycles. The molecule has 1 aromatic carbocycles. The number of para-hydroxylation sites is 1. The lowest BCUT2D eigenvalue weighted by Gasteiger charge is -2.28. The van der Waals surface area contributed by atoms with Gasteiger partial charge in [0.1, 0.15) is 0 Å². The van der Waals surface area contributed by atoms with Crippen LogP contribution in [0.5, 0.6) is 0 Å². The van der Waals surface area contributed by atoms with Crippen LogP contribution in [0.1, 0.15) is 38.2 Å². The van der Waals surface area contributed by atoms with Crippen molar-refractivity contribution < 1.29 is 0 Å². The first-order valence-electron chi connectivity index (χ1n) is 6.78. The molecule has 1 aliphatic carbocycles. The first-order valence-corrected chi connectivity index (χ1v) is 7.19. The van der Waals surface area contributed by atoms with E-state index in [0.717, 1.165) is 16.7 Å². The van der Waals surface area contributed by atoms with Gasteiger partial charge in [-0.25, -0.2) is 0 Å². The minimum atomic E-state index is 0.546. The molecule has 1 aromatic rings. The number of hydrogen-bond acceptors (Lipinski definition) is 1. The summed E-state index contributed by atoms with van der Waals surface area (Å²) in [5, 5.41) is 7.48. The molecule has 2 rings (SSSR count). The van der Waals surface area contributed by atoms with E-state index in [-0.39, 0.29) is 0 Å². The van der Waals surface area contributed by atoms with E-state index in [0.29, 0.717) is 6.04 Å². The molecule has 18 heavy (non-hydrogen) atoms. The zero-order valence-corrected chi connectivity index (χ0v) is 12.0. The van der Waals surface area contributed by atoms with Crippen LogP contribution in [0.15, 0.2) is 24.3 Å². The maximum absolute atomic E-state index is 5.38. The Kier molecular flexibility index (Phi) is 4.59. The van der Waals surface area contributed by atoms with E-state index in [9.17, 15) is 0 Å². The molecule has 0 atom stereocenters. The topological polar surface area (TPSA) is 24.1 Å². The molecule has 0 aromatic heterocycles. The summed E-state index contributed by atoms with van der Waals surface area (Å²) in [6, 6.07) is 8.77. The zero-order valence-electron chi connectivity index (χ0n) is 11.2. The Labute approximate surface area is 115 Å². The fourth-order valence-corrected chi connectivity index (χ4v) is 2.74. The van der Waals surface area contributed by atoms with Crippen LogP contribution >= 0.6 is 12.2 Å². The summed E-state index contributed by atoms with van der Waals surface area (Å²) < 4.78 is 0. The molecule has 98 valence electrons. The Morgan fingerprint density at radius 1 is 1.17 bits per heavy atom. The molecule has 0 unspecified atom stereocenters. The smallest absolute Gasteiger partial charge is 0.171 e. The minimum Gasteiger partial charge on any atom is -0.360 e. The van der Waals surface area contributed by atoms with Gasteiger partial charge in [-0.15, -0.1) is 0 Å². The van der Waals surface area contributed by atoms with Gasteiger partial charge in [-0.2, -0.15) is 0 Å². The van der Waals surface area contributed by atoms with Gasteiger partial charge in [0.2, 0.25) is 0 Å². The predicted octanol–water partition coefficient (Wildman–Crippen LogP) is 3.86. The lowest BCUT2D eigenvalue weighted by molar-refractivity contribution is 0.332.